The lowest BCUT2D eigenvalue weighted by atomic mass is 9.79. The molecule has 2 aromatic carbocycles. The molecule has 1 aliphatic rings. The van der Waals surface area contributed by atoms with Gasteiger partial charge in [-0.3, -0.25) is 9.59 Å². The van der Waals surface area contributed by atoms with Crippen LogP contribution in [-0.4, -0.2) is 18.5 Å². The van der Waals surface area contributed by atoms with Crippen molar-refractivity contribution in [3.8, 4) is 0 Å². The fraction of sp³-hybridized carbons (Fsp3) is 0.364. The summed E-state index contributed by atoms with van der Waals surface area (Å²) in [7, 11) is 0. The summed E-state index contributed by atoms with van der Waals surface area (Å²) < 4.78 is 5.43. The molecule has 4 nitrogen and oxygen atoms in total. The zero-order valence-electron chi connectivity index (χ0n) is 15.1. The molecule has 0 aromatic heterocycles. The van der Waals surface area contributed by atoms with Gasteiger partial charge in [0.1, 0.15) is 0 Å². The normalized spacial score (nSPS) is 16.7. The maximum absolute atomic E-state index is 12.8. The summed E-state index contributed by atoms with van der Waals surface area (Å²) in [6.07, 6.45) is 3.55. The molecule has 1 N–H and O–H groups in total. The third kappa shape index (κ3) is 3.96. The van der Waals surface area contributed by atoms with Gasteiger partial charge in [-0.2, -0.15) is 0 Å². The number of ether oxygens (including phenoxy) is 1. The lowest BCUT2D eigenvalue weighted by molar-refractivity contribution is -0.154. The van der Waals surface area contributed by atoms with E-state index in [9.17, 15) is 9.59 Å². The van der Waals surface area contributed by atoms with E-state index in [0.29, 0.717) is 0 Å². The van der Waals surface area contributed by atoms with Crippen LogP contribution in [0.3, 0.4) is 0 Å². The Morgan fingerprint density at radius 2 is 1.58 bits per heavy atom. The van der Waals surface area contributed by atoms with Crippen molar-refractivity contribution in [2.45, 2.75) is 44.1 Å². The smallest absolute Gasteiger partial charge is 0.317 e. The van der Waals surface area contributed by atoms with Gasteiger partial charge < -0.3 is 10.1 Å². The van der Waals surface area contributed by atoms with Crippen molar-refractivity contribution in [1.29, 1.82) is 0 Å². The number of esters is 1. The molecule has 1 amide bonds. The number of carbonyl (C=O) groups is 2. The van der Waals surface area contributed by atoms with Gasteiger partial charge in [0.15, 0.2) is 6.61 Å². The number of nitrogens with one attached hydrogen (secondary N) is 1. The molecule has 4 heteroatoms. The largest absolute Gasteiger partial charge is 0.455 e. The average molecular weight is 351 g/mol. The third-order valence-electron chi connectivity index (χ3n) is 5.19. The molecule has 0 unspecified atom stereocenters. The van der Waals surface area contributed by atoms with Crippen LogP contribution in [0.1, 0.15) is 49.8 Å². The highest BCUT2D eigenvalue weighted by atomic mass is 16.5. The molecule has 0 bridgehead atoms. The molecular formula is C22H25NO3. The van der Waals surface area contributed by atoms with Gasteiger partial charge in [0.2, 0.25) is 0 Å². The van der Waals surface area contributed by atoms with E-state index in [1.165, 1.54) is 0 Å². The van der Waals surface area contributed by atoms with Crippen molar-refractivity contribution in [2.24, 2.45) is 0 Å². The van der Waals surface area contributed by atoms with Gasteiger partial charge in [0, 0.05) is 0 Å². The minimum atomic E-state index is -0.605. The molecular weight excluding hydrogens is 326 g/mol. The average Bonchev–Trinajstić information content (AvgIpc) is 3.18. The Morgan fingerprint density at radius 1 is 1.00 bits per heavy atom. The second-order valence-corrected chi connectivity index (χ2v) is 6.93. The van der Waals surface area contributed by atoms with E-state index < -0.39 is 5.41 Å². The Balaban J connectivity index is 1.59. The maximum atomic E-state index is 12.8. The van der Waals surface area contributed by atoms with Crippen LogP contribution in [0, 0.1) is 0 Å². The van der Waals surface area contributed by atoms with Crippen molar-refractivity contribution in [1.82, 2.24) is 5.32 Å². The molecule has 0 saturated heterocycles. The number of rotatable bonds is 6. The Kier molecular flexibility index (Phi) is 5.71. The minimum Gasteiger partial charge on any atom is -0.455 e. The number of hydrogen-bond donors (Lipinski definition) is 1. The third-order valence-corrected chi connectivity index (χ3v) is 5.19. The Hall–Kier alpha value is -2.62. The lowest BCUT2D eigenvalue weighted by Gasteiger charge is -2.27. The van der Waals surface area contributed by atoms with Crippen molar-refractivity contribution in [3.63, 3.8) is 0 Å². The Bertz CT molecular complexity index is 736. The summed E-state index contributed by atoms with van der Waals surface area (Å²) in [6.45, 7) is 1.67. The van der Waals surface area contributed by atoms with Crippen LogP contribution < -0.4 is 5.32 Å². The molecule has 0 aliphatic heterocycles. The number of amides is 1. The van der Waals surface area contributed by atoms with Crippen LogP contribution in [0.2, 0.25) is 0 Å². The topological polar surface area (TPSA) is 55.4 Å². The molecule has 0 heterocycles. The maximum Gasteiger partial charge on any atom is 0.317 e. The van der Waals surface area contributed by atoms with Gasteiger partial charge in [-0.05, 0) is 30.9 Å². The summed E-state index contributed by atoms with van der Waals surface area (Å²) in [5.74, 6) is -0.570. The first kappa shape index (κ1) is 18.2. The Morgan fingerprint density at radius 3 is 2.19 bits per heavy atom. The first-order valence-corrected chi connectivity index (χ1v) is 9.19. The van der Waals surface area contributed by atoms with Crippen molar-refractivity contribution in [3.05, 3.63) is 71.8 Å². The monoisotopic (exact) mass is 351 g/mol. The van der Waals surface area contributed by atoms with Crippen LogP contribution >= 0.6 is 0 Å². The molecule has 0 radical (unpaired) electrons. The van der Waals surface area contributed by atoms with Crippen LogP contribution in [0.4, 0.5) is 0 Å². The molecule has 1 fully saturated rings. The summed E-state index contributed by atoms with van der Waals surface area (Å²) in [4.78, 5) is 25.0. The zero-order chi connectivity index (χ0) is 18.4. The molecule has 136 valence electrons. The first-order valence-electron chi connectivity index (χ1n) is 9.19. The van der Waals surface area contributed by atoms with Crippen LogP contribution in [0.25, 0.3) is 0 Å². The predicted octanol–water partition coefficient (Wildman–Crippen LogP) is 3.92. The number of benzene rings is 2. The predicted molar refractivity (Wildman–Crippen MR) is 101 cm³/mol. The summed E-state index contributed by atoms with van der Waals surface area (Å²) in [5, 5.41) is 2.88. The van der Waals surface area contributed by atoms with Crippen LogP contribution in [0.15, 0.2) is 60.7 Å². The van der Waals surface area contributed by atoms with Crippen LogP contribution in [-0.2, 0) is 19.7 Å². The molecule has 2 aromatic rings. The van der Waals surface area contributed by atoms with E-state index in [1.54, 1.807) is 0 Å². The highest BCUT2D eigenvalue weighted by Gasteiger charge is 2.44. The highest BCUT2D eigenvalue weighted by Crippen LogP contribution is 2.42. The minimum absolute atomic E-state index is 0.128. The van der Waals surface area contributed by atoms with E-state index in [2.05, 4.69) is 5.32 Å². The van der Waals surface area contributed by atoms with E-state index >= 15 is 0 Å². The standard InChI is InChI=1S/C22H25NO3/c1-17(18-10-4-2-5-11-18)23-20(24)16-26-21(25)22(14-8-9-15-22)19-12-6-3-7-13-19/h2-7,10-13,17H,8-9,14-16H2,1H3,(H,23,24)/t17-/m0/s1. The van der Waals surface area contributed by atoms with Gasteiger partial charge in [-0.15, -0.1) is 0 Å². The number of hydrogen-bond acceptors (Lipinski definition) is 3. The zero-order valence-corrected chi connectivity index (χ0v) is 15.1. The molecule has 1 saturated carbocycles. The van der Waals surface area contributed by atoms with E-state index in [1.807, 2.05) is 67.6 Å². The molecule has 26 heavy (non-hydrogen) atoms. The summed E-state index contributed by atoms with van der Waals surface area (Å²) in [6, 6.07) is 19.4. The van der Waals surface area contributed by atoms with Crippen molar-refractivity contribution in [2.75, 3.05) is 6.61 Å². The lowest BCUT2D eigenvalue weighted by Crippen LogP contribution is -2.38. The molecule has 3 rings (SSSR count). The van der Waals surface area contributed by atoms with E-state index in [0.717, 1.165) is 36.8 Å². The Labute approximate surface area is 154 Å². The molecule has 1 aliphatic carbocycles. The van der Waals surface area contributed by atoms with E-state index in [-0.39, 0.29) is 24.5 Å². The van der Waals surface area contributed by atoms with Gasteiger partial charge in [0.05, 0.1) is 11.5 Å². The second kappa shape index (κ2) is 8.17. The highest BCUT2D eigenvalue weighted by molar-refractivity contribution is 5.86. The molecule has 0 spiro atoms. The van der Waals surface area contributed by atoms with Gasteiger partial charge in [0.25, 0.3) is 5.91 Å². The quantitative estimate of drug-likeness (QED) is 0.803. The van der Waals surface area contributed by atoms with Crippen molar-refractivity contribution < 1.29 is 14.3 Å². The van der Waals surface area contributed by atoms with Crippen molar-refractivity contribution >= 4 is 11.9 Å². The van der Waals surface area contributed by atoms with Gasteiger partial charge in [-0.1, -0.05) is 73.5 Å². The fourth-order valence-electron chi connectivity index (χ4n) is 3.72. The summed E-state index contributed by atoms with van der Waals surface area (Å²) >= 11 is 0. The summed E-state index contributed by atoms with van der Waals surface area (Å²) in [5.41, 5.74) is 1.40. The van der Waals surface area contributed by atoms with Crippen LogP contribution in [0.5, 0.6) is 0 Å². The van der Waals surface area contributed by atoms with Gasteiger partial charge >= 0.3 is 5.97 Å². The van der Waals surface area contributed by atoms with Gasteiger partial charge in [-0.25, -0.2) is 0 Å². The SMILES string of the molecule is C[C@H](NC(=O)COC(=O)C1(c2ccccc2)CCCC1)c1ccccc1. The fourth-order valence-corrected chi connectivity index (χ4v) is 3.72. The van der Waals surface area contributed by atoms with E-state index in [4.69, 9.17) is 4.74 Å². The number of carbonyl (C=O) groups excluding carboxylic acids is 2. The first-order chi connectivity index (χ1) is 12.6. The molecule has 1 atom stereocenters. The second-order valence-electron chi connectivity index (χ2n) is 6.93.